The molecule has 0 saturated heterocycles. The van der Waals surface area contributed by atoms with Crippen molar-refractivity contribution in [3.05, 3.63) is 51.2 Å². The van der Waals surface area contributed by atoms with Crippen LogP contribution in [0.2, 0.25) is 5.02 Å². The van der Waals surface area contributed by atoms with E-state index in [0.717, 1.165) is 13.2 Å². The predicted octanol–water partition coefficient (Wildman–Crippen LogP) is 6.09. The van der Waals surface area contributed by atoms with Gasteiger partial charge in [-0.15, -0.1) is 0 Å². The highest BCUT2D eigenvalue weighted by Crippen LogP contribution is 2.51. The number of carbonyl (C=O) groups excluding carboxylic acids is 1. The second-order valence-corrected chi connectivity index (χ2v) is 10.4. The highest BCUT2D eigenvalue weighted by atomic mass is 35.5. The van der Waals surface area contributed by atoms with Gasteiger partial charge in [0.05, 0.1) is 17.6 Å². The van der Waals surface area contributed by atoms with Gasteiger partial charge in [-0.05, 0) is 25.5 Å². The predicted molar refractivity (Wildman–Crippen MR) is 121 cm³/mol. The van der Waals surface area contributed by atoms with Crippen molar-refractivity contribution in [2.24, 2.45) is 0 Å². The zero-order valence-corrected chi connectivity index (χ0v) is 20.6. The molecular formula is C20H22ClF3N3O7P. The molecule has 0 fully saturated rings. The minimum Gasteiger partial charge on any atom is -0.467 e. The van der Waals surface area contributed by atoms with E-state index in [9.17, 15) is 32.6 Å². The maximum absolute atomic E-state index is 13.2. The summed E-state index contributed by atoms with van der Waals surface area (Å²) in [5.41, 5.74) is -1.59. The van der Waals surface area contributed by atoms with Crippen molar-refractivity contribution in [1.29, 1.82) is 0 Å². The number of hydrogen-bond acceptors (Lipinski definition) is 9. The number of alkyl halides is 3. The van der Waals surface area contributed by atoms with Crippen LogP contribution >= 0.6 is 19.0 Å². The average molecular weight is 540 g/mol. The summed E-state index contributed by atoms with van der Waals surface area (Å²) in [5.74, 6) is -2.10. The summed E-state index contributed by atoms with van der Waals surface area (Å²) in [6, 6.07) is 4.09. The van der Waals surface area contributed by atoms with Crippen molar-refractivity contribution in [2.45, 2.75) is 38.3 Å². The second-order valence-electron chi connectivity index (χ2n) is 7.29. The first-order valence-electron chi connectivity index (χ1n) is 9.98. The molecule has 0 bridgehead atoms. The minimum absolute atomic E-state index is 0.0445. The number of nitro benzene ring substituents is 1. The second kappa shape index (κ2) is 11.2. The number of aromatic nitrogens is 1. The van der Waals surface area contributed by atoms with Gasteiger partial charge in [0.2, 0.25) is 13.2 Å². The Labute approximate surface area is 203 Å². The Hall–Kier alpha value is -2.89. The molecule has 0 amide bonds. The highest BCUT2D eigenvalue weighted by Gasteiger charge is 2.34. The number of pyridine rings is 1. The molecule has 0 radical (unpaired) electrons. The molecular weight excluding hydrogens is 518 g/mol. The SMILES string of the molecule is CCC(Nc1cc(Oc2ncc(C(F)(F)F)cc2Cl)ccc1[N+](=O)[O-])P(C)(=O)OC(C)C(=O)OC. The van der Waals surface area contributed by atoms with Crippen molar-refractivity contribution in [1.82, 2.24) is 4.98 Å². The Balaban J connectivity index is 2.36. The molecule has 2 rings (SSSR count). The number of nitro groups is 1. The Bertz CT molecular complexity index is 1150. The van der Waals surface area contributed by atoms with Gasteiger partial charge in [0, 0.05) is 25.0 Å². The number of ether oxygens (including phenoxy) is 2. The highest BCUT2D eigenvalue weighted by molar-refractivity contribution is 7.59. The van der Waals surface area contributed by atoms with Gasteiger partial charge < -0.3 is 19.3 Å². The van der Waals surface area contributed by atoms with Crippen LogP contribution in [0.3, 0.4) is 0 Å². The molecule has 1 heterocycles. The standard InChI is InChI=1S/C20H22ClF3N3O7P/c1-5-17(35(4,31)34-11(2)19(28)32-3)26-15-9-13(6-7-16(15)27(29)30)33-18-14(21)8-12(10-25-18)20(22,23)24/h6-11,17,26H,5H2,1-4H3. The maximum atomic E-state index is 13.2. The molecule has 0 aliphatic rings. The van der Waals surface area contributed by atoms with Crippen LogP contribution in [-0.4, -0.2) is 41.5 Å². The summed E-state index contributed by atoms with van der Waals surface area (Å²) < 4.78 is 67.0. The van der Waals surface area contributed by atoms with Gasteiger partial charge in [-0.25, -0.2) is 9.78 Å². The van der Waals surface area contributed by atoms with Crippen LogP contribution in [-0.2, 0) is 24.8 Å². The molecule has 1 N–H and O–H groups in total. The van der Waals surface area contributed by atoms with Gasteiger partial charge in [-0.2, -0.15) is 13.2 Å². The van der Waals surface area contributed by atoms with E-state index in [1.54, 1.807) is 6.92 Å². The molecule has 3 atom stereocenters. The smallest absolute Gasteiger partial charge is 0.417 e. The first kappa shape index (κ1) is 28.3. The lowest BCUT2D eigenvalue weighted by Gasteiger charge is -2.27. The molecule has 192 valence electrons. The number of carbonyl (C=O) groups is 1. The van der Waals surface area contributed by atoms with Crippen molar-refractivity contribution in [3.63, 3.8) is 0 Å². The number of hydrogen-bond donors (Lipinski definition) is 1. The summed E-state index contributed by atoms with van der Waals surface area (Å²) in [6.45, 7) is 4.27. The van der Waals surface area contributed by atoms with E-state index in [4.69, 9.17) is 20.9 Å². The number of anilines is 1. The van der Waals surface area contributed by atoms with Crippen LogP contribution in [0.1, 0.15) is 25.8 Å². The first-order chi connectivity index (χ1) is 16.2. The van der Waals surface area contributed by atoms with Crippen LogP contribution in [0.4, 0.5) is 24.5 Å². The number of esters is 1. The van der Waals surface area contributed by atoms with E-state index in [0.29, 0.717) is 12.3 Å². The molecule has 1 aromatic heterocycles. The molecule has 3 unspecified atom stereocenters. The average Bonchev–Trinajstić information content (AvgIpc) is 2.76. The Morgan fingerprint density at radius 1 is 1.34 bits per heavy atom. The fraction of sp³-hybridized carbons (Fsp3) is 0.400. The summed E-state index contributed by atoms with van der Waals surface area (Å²) >= 11 is 5.86. The Kier molecular flexibility index (Phi) is 9.10. The van der Waals surface area contributed by atoms with E-state index in [1.165, 1.54) is 25.7 Å². The van der Waals surface area contributed by atoms with Crippen LogP contribution in [0.5, 0.6) is 11.6 Å². The van der Waals surface area contributed by atoms with Gasteiger partial charge in [0.15, 0.2) is 6.10 Å². The quantitative estimate of drug-likeness (QED) is 0.165. The molecule has 0 aliphatic heterocycles. The molecule has 35 heavy (non-hydrogen) atoms. The third-order valence-corrected chi connectivity index (χ3v) is 7.32. The van der Waals surface area contributed by atoms with Crippen molar-refractivity contribution < 1.29 is 41.5 Å². The summed E-state index contributed by atoms with van der Waals surface area (Å²) in [7, 11) is -2.42. The van der Waals surface area contributed by atoms with Gasteiger partial charge in [0.25, 0.3) is 5.69 Å². The van der Waals surface area contributed by atoms with Gasteiger partial charge in [-0.1, -0.05) is 18.5 Å². The molecule has 1 aromatic carbocycles. The molecule has 0 aliphatic carbocycles. The van der Waals surface area contributed by atoms with Crippen molar-refractivity contribution in [3.8, 4) is 11.6 Å². The minimum atomic E-state index is -4.66. The first-order valence-corrected chi connectivity index (χ1v) is 12.5. The van der Waals surface area contributed by atoms with Crippen LogP contribution < -0.4 is 10.1 Å². The largest absolute Gasteiger partial charge is 0.467 e. The lowest BCUT2D eigenvalue weighted by molar-refractivity contribution is -0.384. The fourth-order valence-corrected chi connectivity index (χ4v) is 5.05. The summed E-state index contributed by atoms with van der Waals surface area (Å²) in [4.78, 5) is 26.0. The maximum Gasteiger partial charge on any atom is 0.417 e. The van der Waals surface area contributed by atoms with Crippen LogP contribution in [0, 0.1) is 10.1 Å². The van der Waals surface area contributed by atoms with Gasteiger partial charge >= 0.3 is 12.1 Å². The van der Waals surface area contributed by atoms with E-state index < -0.39 is 52.6 Å². The lowest BCUT2D eigenvalue weighted by Crippen LogP contribution is -2.26. The number of benzene rings is 1. The zero-order chi connectivity index (χ0) is 26.6. The van der Waals surface area contributed by atoms with Crippen LogP contribution in [0.25, 0.3) is 0 Å². The third-order valence-electron chi connectivity index (χ3n) is 4.69. The van der Waals surface area contributed by atoms with Gasteiger partial charge in [-0.3, -0.25) is 14.7 Å². The summed E-state index contributed by atoms with van der Waals surface area (Å²) in [6.07, 6.45) is -5.08. The number of halogens is 4. The van der Waals surface area contributed by atoms with Crippen molar-refractivity contribution >= 4 is 36.3 Å². The number of nitrogens with zero attached hydrogens (tertiary/aromatic N) is 2. The third kappa shape index (κ3) is 7.30. The molecule has 0 saturated carbocycles. The fourth-order valence-electron chi connectivity index (χ4n) is 2.95. The molecule has 15 heteroatoms. The monoisotopic (exact) mass is 539 g/mol. The van der Waals surface area contributed by atoms with E-state index in [1.807, 2.05) is 0 Å². The normalized spacial score (nSPS) is 15.0. The topological polar surface area (TPSA) is 130 Å². The van der Waals surface area contributed by atoms with E-state index in [-0.39, 0.29) is 23.7 Å². The molecule has 2 aromatic rings. The Morgan fingerprint density at radius 2 is 2.00 bits per heavy atom. The Morgan fingerprint density at radius 3 is 2.51 bits per heavy atom. The van der Waals surface area contributed by atoms with E-state index in [2.05, 4.69) is 15.0 Å². The lowest BCUT2D eigenvalue weighted by atomic mass is 10.2. The van der Waals surface area contributed by atoms with Crippen LogP contribution in [0.15, 0.2) is 30.5 Å². The number of nitrogens with one attached hydrogen (secondary N) is 1. The van der Waals surface area contributed by atoms with E-state index >= 15 is 0 Å². The molecule has 0 spiro atoms. The zero-order valence-electron chi connectivity index (χ0n) is 19.0. The van der Waals surface area contributed by atoms with Crippen molar-refractivity contribution in [2.75, 3.05) is 19.1 Å². The summed E-state index contributed by atoms with van der Waals surface area (Å²) in [5, 5.41) is 13.9. The molecule has 10 nitrogen and oxygen atoms in total. The van der Waals surface area contributed by atoms with Gasteiger partial charge in [0.1, 0.15) is 22.2 Å². The number of methoxy groups -OCH3 is 1. The number of rotatable bonds is 10.